The lowest BCUT2D eigenvalue weighted by atomic mass is 10.1. The van der Waals surface area contributed by atoms with Gasteiger partial charge in [-0.15, -0.1) is 0 Å². The molecule has 0 aliphatic heterocycles. The predicted octanol–water partition coefficient (Wildman–Crippen LogP) is 4.29. The number of carbonyl (C=O) groups is 1. The Labute approximate surface area is 167 Å². The first-order chi connectivity index (χ1) is 13.9. The van der Waals surface area contributed by atoms with Crippen LogP contribution in [0.2, 0.25) is 0 Å². The number of anilines is 1. The summed E-state index contributed by atoms with van der Waals surface area (Å²) in [6, 6.07) is 9.10. The van der Waals surface area contributed by atoms with E-state index in [4.69, 9.17) is 0 Å². The average Bonchev–Trinajstić information content (AvgIpc) is 3.34. The van der Waals surface area contributed by atoms with Crippen molar-refractivity contribution >= 4 is 34.6 Å². The number of hydrogen-bond donors (Lipinski definition) is 2. The van der Waals surface area contributed by atoms with Gasteiger partial charge in [-0.2, -0.15) is 5.10 Å². The number of rotatable bonds is 6. The van der Waals surface area contributed by atoms with Crippen LogP contribution in [0.3, 0.4) is 0 Å². The summed E-state index contributed by atoms with van der Waals surface area (Å²) >= 11 is 0. The Kier molecular flexibility index (Phi) is 4.92. The summed E-state index contributed by atoms with van der Waals surface area (Å²) in [5.74, 6) is -1.00. The molecule has 1 aromatic heterocycles. The lowest BCUT2D eigenvalue weighted by Gasteiger charge is -2.19. The molecule has 3 aromatic rings. The van der Waals surface area contributed by atoms with Crippen LogP contribution < -0.4 is 5.32 Å². The van der Waals surface area contributed by atoms with Crippen LogP contribution in [0.4, 0.5) is 14.5 Å². The van der Waals surface area contributed by atoms with Gasteiger partial charge < -0.3 is 10.2 Å². The molecule has 0 bridgehead atoms. The van der Waals surface area contributed by atoms with E-state index >= 15 is 0 Å². The fraction of sp³-hybridized carbons (Fsp3) is 0.273. The zero-order valence-electron chi connectivity index (χ0n) is 16.3. The fourth-order valence-electron chi connectivity index (χ4n) is 3.53. The van der Waals surface area contributed by atoms with Gasteiger partial charge in [0.05, 0.1) is 22.3 Å². The molecule has 4 rings (SSSR count). The van der Waals surface area contributed by atoms with Crippen molar-refractivity contribution in [2.45, 2.75) is 12.8 Å². The van der Waals surface area contributed by atoms with Crippen molar-refractivity contribution in [2.75, 3.05) is 26.0 Å². The molecule has 0 radical (unpaired) electrons. The first-order valence-electron chi connectivity index (χ1n) is 9.44. The third-order valence-corrected chi connectivity index (χ3v) is 5.16. The molecule has 2 N–H and O–H groups in total. The largest absolute Gasteiger partial charge is 0.323 e. The van der Waals surface area contributed by atoms with Crippen LogP contribution in [0.25, 0.3) is 23.1 Å². The van der Waals surface area contributed by atoms with Crippen molar-refractivity contribution in [1.29, 1.82) is 0 Å². The van der Waals surface area contributed by atoms with E-state index in [0.29, 0.717) is 28.7 Å². The van der Waals surface area contributed by atoms with E-state index in [9.17, 15) is 13.6 Å². The third kappa shape index (κ3) is 4.05. The number of aromatic nitrogens is 2. The van der Waals surface area contributed by atoms with E-state index in [1.807, 2.05) is 19.0 Å². The molecular weight excluding hydrogens is 374 g/mol. The van der Waals surface area contributed by atoms with Gasteiger partial charge in [-0.3, -0.25) is 9.89 Å². The molecule has 150 valence electrons. The Bertz CT molecular complexity index is 1100. The standard InChI is InChI=1S/C22H22F2N4O/c1-28(2)13-22(8-9-22)21(29)25-20-11-16-18(26-27-19(16)12-17(20)24)7-6-14-4-3-5-15(23)10-14/h3-7,10-12H,8-9,13H2,1-2H3,(H,25,29)(H,26,27)/b7-6+. The summed E-state index contributed by atoms with van der Waals surface area (Å²) in [6.07, 6.45) is 5.06. The summed E-state index contributed by atoms with van der Waals surface area (Å²) in [5.41, 5.74) is 1.48. The van der Waals surface area contributed by atoms with Crippen molar-refractivity contribution in [3.63, 3.8) is 0 Å². The Morgan fingerprint density at radius 1 is 1.24 bits per heavy atom. The highest BCUT2D eigenvalue weighted by Gasteiger charge is 2.50. The molecule has 1 fully saturated rings. The van der Waals surface area contributed by atoms with Crippen molar-refractivity contribution in [2.24, 2.45) is 5.41 Å². The zero-order chi connectivity index (χ0) is 20.6. The number of amides is 1. The topological polar surface area (TPSA) is 61.0 Å². The van der Waals surface area contributed by atoms with Gasteiger partial charge in [0.15, 0.2) is 0 Å². The molecule has 1 aliphatic carbocycles. The Hall–Kier alpha value is -3.06. The first kappa shape index (κ1) is 19.3. The van der Waals surface area contributed by atoms with Crippen LogP contribution in [-0.2, 0) is 4.79 Å². The molecule has 1 saturated carbocycles. The fourth-order valence-corrected chi connectivity index (χ4v) is 3.53. The van der Waals surface area contributed by atoms with Gasteiger partial charge in [0.2, 0.25) is 5.91 Å². The van der Waals surface area contributed by atoms with E-state index in [0.717, 1.165) is 12.8 Å². The lowest BCUT2D eigenvalue weighted by molar-refractivity contribution is -0.121. The maximum atomic E-state index is 14.5. The second kappa shape index (κ2) is 7.40. The van der Waals surface area contributed by atoms with Gasteiger partial charge in [0.1, 0.15) is 11.6 Å². The molecular formula is C22H22F2N4O. The zero-order valence-corrected chi connectivity index (χ0v) is 16.3. The number of nitrogens with one attached hydrogen (secondary N) is 2. The molecule has 0 saturated heterocycles. The van der Waals surface area contributed by atoms with Crippen molar-refractivity contribution in [3.05, 3.63) is 59.3 Å². The number of carbonyl (C=O) groups excluding carboxylic acids is 1. The predicted molar refractivity (Wildman–Crippen MR) is 110 cm³/mol. The highest BCUT2D eigenvalue weighted by Crippen LogP contribution is 2.47. The van der Waals surface area contributed by atoms with Gasteiger partial charge in [-0.05, 0) is 56.8 Å². The van der Waals surface area contributed by atoms with Crippen LogP contribution in [0.15, 0.2) is 36.4 Å². The molecule has 5 nitrogen and oxygen atoms in total. The molecule has 2 aromatic carbocycles. The minimum absolute atomic E-state index is 0.134. The lowest BCUT2D eigenvalue weighted by Crippen LogP contribution is -2.33. The van der Waals surface area contributed by atoms with Crippen LogP contribution in [-0.4, -0.2) is 41.6 Å². The molecule has 7 heteroatoms. The van der Waals surface area contributed by atoms with E-state index in [2.05, 4.69) is 15.5 Å². The normalized spacial score (nSPS) is 15.3. The summed E-state index contributed by atoms with van der Waals surface area (Å²) in [5, 5.41) is 10.4. The minimum atomic E-state index is -0.518. The van der Waals surface area contributed by atoms with Crippen molar-refractivity contribution < 1.29 is 13.6 Å². The summed E-state index contributed by atoms with van der Waals surface area (Å²) in [4.78, 5) is 14.7. The molecule has 1 amide bonds. The second-order valence-electron chi connectivity index (χ2n) is 7.85. The van der Waals surface area contributed by atoms with E-state index in [-0.39, 0.29) is 17.4 Å². The van der Waals surface area contributed by atoms with Crippen LogP contribution >= 0.6 is 0 Å². The number of H-pyrrole nitrogens is 1. The molecule has 29 heavy (non-hydrogen) atoms. The van der Waals surface area contributed by atoms with E-state index < -0.39 is 11.2 Å². The Balaban J connectivity index is 1.60. The first-order valence-corrected chi connectivity index (χ1v) is 9.44. The van der Waals surface area contributed by atoms with Gasteiger partial charge in [0.25, 0.3) is 0 Å². The maximum Gasteiger partial charge on any atom is 0.231 e. The molecule has 1 aliphatic rings. The Morgan fingerprint density at radius 3 is 2.72 bits per heavy atom. The maximum absolute atomic E-state index is 14.5. The smallest absolute Gasteiger partial charge is 0.231 e. The monoisotopic (exact) mass is 396 g/mol. The molecule has 0 atom stereocenters. The summed E-state index contributed by atoms with van der Waals surface area (Å²) < 4.78 is 27.9. The SMILES string of the molecule is CN(C)CC1(C(=O)Nc2cc3c(/C=C/c4cccc(F)c4)n[nH]c3cc2F)CC1. The third-order valence-electron chi connectivity index (χ3n) is 5.16. The van der Waals surface area contributed by atoms with E-state index in [1.54, 1.807) is 30.4 Å². The highest BCUT2D eigenvalue weighted by molar-refractivity contribution is 6.00. The highest BCUT2D eigenvalue weighted by atomic mass is 19.1. The van der Waals surface area contributed by atoms with E-state index in [1.165, 1.54) is 18.2 Å². The van der Waals surface area contributed by atoms with Gasteiger partial charge in [-0.1, -0.05) is 18.2 Å². The number of fused-ring (bicyclic) bond motifs is 1. The molecule has 1 heterocycles. The number of benzene rings is 2. The minimum Gasteiger partial charge on any atom is -0.323 e. The van der Waals surface area contributed by atoms with Crippen LogP contribution in [0, 0.1) is 17.0 Å². The van der Waals surface area contributed by atoms with Crippen LogP contribution in [0.5, 0.6) is 0 Å². The van der Waals surface area contributed by atoms with Gasteiger partial charge in [-0.25, -0.2) is 8.78 Å². The molecule has 0 spiro atoms. The van der Waals surface area contributed by atoms with Crippen molar-refractivity contribution in [1.82, 2.24) is 15.1 Å². The van der Waals surface area contributed by atoms with Gasteiger partial charge in [0, 0.05) is 18.0 Å². The van der Waals surface area contributed by atoms with Crippen molar-refractivity contribution in [3.8, 4) is 0 Å². The molecule has 0 unspecified atom stereocenters. The number of halogens is 2. The Morgan fingerprint density at radius 2 is 2.03 bits per heavy atom. The number of nitrogens with zero attached hydrogens (tertiary/aromatic N) is 2. The average molecular weight is 396 g/mol. The number of aromatic amines is 1. The number of hydrogen-bond acceptors (Lipinski definition) is 3. The summed E-state index contributed by atoms with van der Waals surface area (Å²) in [6.45, 7) is 0.635. The summed E-state index contributed by atoms with van der Waals surface area (Å²) in [7, 11) is 3.84. The second-order valence-corrected chi connectivity index (χ2v) is 7.85. The quantitative estimate of drug-likeness (QED) is 0.653. The van der Waals surface area contributed by atoms with Crippen LogP contribution in [0.1, 0.15) is 24.1 Å². The van der Waals surface area contributed by atoms with Gasteiger partial charge >= 0.3 is 0 Å².